The number of hydrogen-bond acceptors (Lipinski definition) is 8. The van der Waals surface area contributed by atoms with Gasteiger partial charge in [-0.25, -0.2) is 0 Å². The number of carbonyl (C=O) groups excluding carboxylic acids is 1. The average Bonchev–Trinajstić information content (AvgIpc) is 2.83. The first-order valence-corrected chi connectivity index (χ1v) is 11.1. The summed E-state index contributed by atoms with van der Waals surface area (Å²) >= 11 is 0. The summed E-state index contributed by atoms with van der Waals surface area (Å²) in [6.45, 7) is 4.27. The molecule has 10 nitrogen and oxygen atoms in total. The topological polar surface area (TPSA) is 149 Å². The summed E-state index contributed by atoms with van der Waals surface area (Å²) in [6, 6.07) is 3.87. The van der Waals surface area contributed by atoms with Gasteiger partial charge in [-0.2, -0.15) is 10.5 Å². The maximum Gasteiger partial charge on any atom is 0.271 e. The Morgan fingerprint density at radius 2 is 1.69 bits per heavy atom. The number of carbonyl (C=O) groups is 1. The molecule has 1 aliphatic rings. The fourth-order valence-corrected chi connectivity index (χ4v) is 3.85. The molecule has 1 aromatic rings. The first-order valence-electron chi connectivity index (χ1n) is 11.1. The molecule has 0 bridgehead atoms. The van der Waals surface area contributed by atoms with Crippen molar-refractivity contribution in [3.05, 3.63) is 55.9 Å². The highest BCUT2D eigenvalue weighted by Gasteiger charge is 2.34. The van der Waals surface area contributed by atoms with Gasteiger partial charge in [-0.3, -0.25) is 14.2 Å². The van der Waals surface area contributed by atoms with E-state index in [1.807, 2.05) is 12.1 Å². The van der Waals surface area contributed by atoms with Crippen LogP contribution < -0.4 is 5.56 Å². The maximum absolute atomic E-state index is 13.1. The SMILES string of the molecule is COCCCN1C(=O)C(=CC=Cc2c(C)c(C#N)c(=O)n(CCCOC)c2O)C(C)=C(C#N)C1O. The Kier molecular flexibility index (Phi) is 9.98. The molecule has 2 heterocycles. The van der Waals surface area contributed by atoms with Gasteiger partial charge in [0.1, 0.15) is 11.6 Å². The van der Waals surface area contributed by atoms with Crippen molar-refractivity contribution >= 4 is 12.0 Å². The average molecular weight is 483 g/mol. The normalized spacial score (nSPS) is 17.3. The highest BCUT2D eigenvalue weighted by atomic mass is 16.5. The van der Waals surface area contributed by atoms with E-state index in [-0.39, 0.29) is 41.2 Å². The zero-order valence-electron chi connectivity index (χ0n) is 20.4. The third-order valence-electron chi connectivity index (χ3n) is 5.82. The van der Waals surface area contributed by atoms with E-state index in [9.17, 15) is 30.3 Å². The smallest absolute Gasteiger partial charge is 0.271 e. The minimum atomic E-state index is -1.34. The Morgan fingerprint density at radius 3 is 2.26 bits per heavy atom. The van der Waals surface area contributed by atoms with Crippen LogP contribution in [0.2, 0.25) is 0 Å². The number of hydrogen-bond donors (Lipinski definition) is 2. The fraction of sp³-hybridized carbons (Fsp3) is 0.440. The number of methoxy groups -OCH3 is 2. The lowest BCUT2D eigenvalue weighted by molar-refractivity contribution is -0.135. The van der Waals surface area contributed by atoms with Gasteiger partial charge in [-0.05, 0) is 50.0 Å². The van der Waals surface area contributed by atoms with Crippen LogP contribution in [-0.2, 0) is 20.8 Å². The Bertz CT molecular complexity index is 1200. The molecule has 0 saturated heterocycles. The van der Waals surface area contributed by atoms with E-state index < -0.39 is 17.7 Å². The van der Waals surface area contributed by atoms with Gasteiger partial charge in [0.05, 0.1) is 11.6 Å². The Balaban J connectivity index is 2.51. The van der Waals surface area contributed by atoms with Gasteiger partial charge in [0.25, 0.3) is 11.5 Å². The van der Waals surface area contributed by atoms with Crippen molar-refractivity contribution in [1.29, 1.82) is 10.5 Å². The van der Waals surface area contributed by atoms with Crippen molar-refractivity contribution in [3.63, 3.8) is 0 Å². The number of allylic oxidation sites excluding steroid dienone is 2. The van der Waals surface area contributed by atoms with Gasteiger partial charge in [0.15, 0.2) is 6.23 Å². The van der Waals surface area contributed by atoms with Crippen LogP contribution in [0.3, 0.4) is 0 Å². The first kappa shape index (κ1) is 27.5. The molecule has 1 aliphatic heterocycles. The van der Waals surface area contributed by atoms with Crippen LogP contribution in [0.5, 0.6) is 5.88 Å². The van der Waals surface area contributed by atoms with Gasteiger partial charge < -0.3 is 24.6 Å². The number of aliphatic hydroxyl groups excluding tert-OH is 1. The molecular formula is C25H30N4O6. The van der Waals surface area contributed by atoms with Crippen LogP contribution in [0.1, 0.15) is 36.5 Å². The van der Waals surface area contributed by atoms with E-state index in [1.165, 1.54) is 37.3 Å². The fourth-order valence-electron chi connectivity index (χ4n) is 3.85. The van der Waals surface area contributed by atoms with Crippen LogP contribution in [0.4, 0.5) is 0 Å². The number of ether oxygens (including phenoxy) is 2. The van der Waals surface area contributed by atoms with Crippen molar-refractivity contribution in [2.24, 2.45) is 0 Å². The Labute approximate surface area is 204 Å². The highest BCUT2D eigenvalue weighted by Crippen LogP contribution is 2.29. The number of aromatic nitrogens is 1. The first-order chi connectivity index (χ1) is 16.7. The van der Waals surface area contributed by atoms with Crippen LogP contribution in [-0.4, -0.2) is 65.8 Å². The molecule has 0 saturated carbocycles. The largest absolute Gasteiger partial charge is 0.494 e. The quantitative estimate of drug-likeness (QED) is 0.378. The molecule has 0 aliphatic carbocycles. The highest BCUT2D eigenvalue weighted by molar-refractivity contribution is 6.00. The molecule has 2 rings (SSSR count). The second-order valence-corrected chi connectivity index (χ2v) is 7.96. The van der Waals surface area contributed by atoms with Crippen LogP contribution in [0.25, 0.3) is 6.08 Å². The van der Waals surface area contributed by atoms with E-state index in [0.29, 0.717) is 37.2 Å². The number of rotatable bonds is 10. The zero-order valence-corrected chi connectivity index (χ0v) is 20.4. The molecule has 10 heteroatoms. The van der Waals surface area contributed by atoms with Crippen molar-refractivity contribution in [2.45, 2.75) is 39.5 Å². The number of nitriles is 2. The van der Waals surface area contributed by atoms with Crippen molar-refractivity contribution in [2.75, 3.05) is 34.0 Å². The summed E-state index contributed by atoms with van der Waals surface area (Å²) in [5, 5.41) is 40.3. The predicted molar refractivity (Wildman–Crippen MR) is 128 cm³/mol. The summed E-state index contributed by atoms with van der Waals surface area (Å²) in [6.07, 6.45) is 4.08. The molecule has 1 unspecified atom stereocenters. The predicted octanol–water partition coefficient (Wildman–Crippen LogP) is 1.75. The number of nitrogens with zero attached hydrogens (tertiary/aromatic N) is 4. The van der Waals surface area contributed by atoms with Gasteiger partial charge in [0, 0.05) is 51.7 Å². The second-order valence-electron chi connectivity index (χ2n) is 7.96. The van der Waals surface area contributed by atoms with Crippen molar-refractivity contribution < 1.29 is 24.5 Å². The van der Waals surface area contributed by atoms with E-state index in [2.05, 4.69) is 0 Å². The van der Waals surface area contributed by atoms with Crippen LogP contribution in [0, 0.1) is 29.6 Å². The lowest BCUT2D eigenvalue weighted by atomic mass is 9.94. The third kappa shape index (κ3) is 5.87. The zero-order chi connectivity index (χ0) is 26.1. The molecular weight excluding hydrogens is 452 g/mol. The maximum atomic E-state index is 13.1. The Morgan fingerprint density at radius 1 is 1.06 bits per heavy atom. The molecule has 2 N–H and O–H groups in total. The van der Waals surface area contributed by atoms with Crippen LogP contribution in [0.15, 0.2) is 33.7 Å². The van der Waals surface area contributed by atoms with E-state index >= 15 is 0 Å². The number of aliphatic hydroxyl groups is 1. The summed E-state index contributed by atoms with van der Waals surface area (Å²) in [5.41, 5.74) is 0.528. The number of amides is 1. The Hall–Kier alpha value is -3.70. The van der Waals surface area contributed by atoms with Crippen molar-refractivity contribution in [3.8, 4) is 18.0 Å². The standard InChI is InChI=1S/C25H30N4O6/c1-16-18(22(30)28(10-6-12-34-3)24(32)20(16)14-26)8-5-9-19-17(2)21(15-27)25(33)29(23(19)31)11-7-13-35-4/h5,8-9,24,31-32H,6-7,10-13H2,1-4H3. The summed E-state index contributed by atoms with van der Waals surface area (Å²) in [5.74, 6) is -0.744. The summed E-state index contributed by atoms with van der Waals surface area (Å²) in [7, 11) is 3.06. The molecule has 35 heavy (non-hydrogen) atoms. The molecule has 1 atom stereocenters. The lowest BCUT2D eigenvalue weighted by Gasteiger charge is -2.33. The summed E-state index contributed by atoms with van der Waals surface area (Å²) in [4.78, 5) is 26.9. The van der Waals surface area contributed by atoms with Crippen LogP contribution >= 0.6 is 0 Å². The third-order valence-corrected chi connectivity index (χ3v) is 5.82. The minimum Gasteiger partial charge on any atom is -0.494 e. The monoisotopic (exact) mass is 482 g/mol. The molecule has 1 amide bonds. The molecule has 0 aromatic carbocycles. The van der Waals surface area contributed by atoms with Gasteiger partial charge in [-0.15, -0.1) is 0 Å². The van der Waals surface area contributed by atoms with Crippen molar-refractivity contribution in [1.82, 2.24) is 9.47 Å². The minimum absolute atomic E-state index is 0.0687. The lowest BCUT2D eigenvalue weighted by Crippen LogP contribution is -2.46. The van der Waals surface area contributed by atoms with E-state index in [1.54, 1.807) is 13.8 Å². The van der Waals surface area contributed by atoms with Gasteiger partial charge in [0.2, 0.25) is 5.88 Å². The van der Waals surface area contributed by atoms with E-state index in [4.69, 9.17) is 9.47 Å². The van der Waals surface area contributed by atoms with E-state index in [0.717, 1.165) is 4.57 Å². The van der Waals surface area contributed by atoms with Gasteiger partial charge in [-0.1, -0.05) is 6.08 Å². The number of aromatic hydroxyl groups is 1. The molecule has 1 aromatic heterocycles. The summed E-state index contributed by atoms with van der Waals surface area (Å²) < 4.78 is 11.1. The molecule has 186 valence electrons. The second kappa shape index (κ2) is 12.7. The number of pyridine rings is 1. The molecule has 0 spiro atoms. The molecule has 0 radical (unpaired) electrons. The van der Waals surface area contributed by atoms with Gasteiger partial charge >= 0.3 is 0 Å². The molecule has 0 fully saturated rings.